The minimum Gasteiger partial charge on any atom is -0.477 e. The van der Waals surface area contributed by atoms with Gasteiger partial charge >= 0.3 is 0 Å². The average molecular weight is 340 g/mol. The van der Waals surface area contributed by atoms with Crippen molar-refractivity contribution in [1.82, 2.24) is 15.3 Å². The Bertz CT molecular complexity index is 784. The molecule has 7 heteroatoms. The van der Waals surface area contributed by atoms with Crippen molar-refractivity contribution in [2.75, 3.05) is 6.61 Å². The molecule has 1 amide bonds. The van der Waals surface area contributed by atoms with E-state index in [1.807, 2.05) is 6.07 Å². The van der Waals surface area contributed by atoms with Gasteiger partial charge in [0.1, 0.15) is 11.9 Å². The Labute approximate surface area is 145 Å². The molecule has 0 saturated carbocycles. The van der Waals surface area contributed by atoms with E-state index in [9.17, 15) is 9.18 Å². The predicted octanol–water partition coefficient (Wildman–Crippen LogP) is 2.52. The number of carbonyl (C=O) groups excluding carboxylic acids is 1. The Morgan fingerprint density at radius 3 is 2.80 bits per heavy atom. The molecule has 0 aliphatic rings. The Hall–Kier alpha value is -3.27. The average Bonchev–Trinajstić information content (AvgIpc) is 2.64. The first-order chi connectivity index (χ1) is 12.1. The predicted molar refractivity (Wildman–Crippen MR) is 88.9 cm³/mol. The van der Waals surface area contributed by atoms with Crippen LogP contribution in [0.15, 0.2) is 48.8 Å². The lowest BCUT2D eigenvalue weighted by Gasteiger charge is -2.09. The third kappa shape index (κ3) is 5.70. The van der Waals surface area contributed by atoms with Crippen LogP contribution in [0.4, 0.5) is 4.39 Å². The van der Waals surface area contributed by atoms with Crippen LogP contribution in [0.1, 0.15) is 24.1 Å². The number of rotatable bonds is 8. The second kappa shape index (κ2) is 9.13. The van der Waals surface area contributed by atoms with Crippen molar-refractivity contribution in [1.29, 1.82) is 5.26 Å². The lowest BCUT2D eigenvalue weighted by Crippen LogP contribution is -2.24. The lowest BCUT2D eigenvalue weighted by molar-refractivity contribution is -0.117. The fraction of sp³-hybridized carbons (Fsp3) is 0.222. The number of amides is 1. The molecule has 1 N–H and O–H groups in total. The minimum atomic E-state index is -0.356. The first-order valence-electron chi connectivity index (χ1n) is 7.64. The summed E-state index contributed by atoms with van der Waals surface area (Å²) in [5.74, 6) is -0.361. The summed E-state index contributed by atoms with van der Waals surface area (Å²) < 4.78 is 18.9. The molecule has 2 rings (SSSR count). The number of carbonyl (C=O) groups is 1. The van der Waals surface area contributed by atoms with E-state index in [2.05, 4.69) is 21.9 Å². The van der Waals surface area contributed by atoms with Crippen molar-refractivity contribution in [2.45, 2.75) is 19.4 Å². The smallest absolute Gasteiger partial charge is 0.246 e. The van der Waals surface area contributed by atoms with Crippen LogP contribution in [0, 0.1) is 17.1 Å². The van der Waals surface area contributed by atoms with Gasteiger partial charge in [0.2, 0.25) is 11.8 Å². The maximum Gasteiger partial charge on any atom is 0.246 e. The third-order valence-electron chi connectivity index (χ3n) is 3.33. The maximum atomic E-state index is 13.5. The molecule has 0 spiro atoms. The molecule has 25 heavy (non-hydrogen) atoms. The molecule has 1 aromatic carbocycles. The molecule has 6 nitrogen and oxygen atoms in total. The van der Waals surface area contributed by atoms with Gasteiger partial charge in [-0.05, 0) is 18.9 Å². The standard InChI is InChI=1S/C18H17FN4O2/c1-13(18(24)23-10-14-6-2-3-7-16(14)19)5-4-8-25-17-12-21-15(9-20)11-22-17/h2-3,6-7,11-12H,1,4-5,8,10H2,(H,23,24). The van der Waals surface area contributed by atoms with Crippen LogP contribution in [0.5, 0.6) is 5.88 Å². The van der Waals surface area contributed by atoms with Gasteiger partial charge in [0.25, 0.3) is 0 Å². The molecule has 1 heterocycles. The molecule has 0 aliphatic heterocycles. The van der Waals surface area contributed by atoms with Gasteiger partial charge < -0.3 is 10.1 Å². The van der Waals surface area contributed by atoms with E-state index in [0.717, 1.165) is 0 Å². The maximum absolute atomic E-state index is 13.5. The number of hydrogen-bond acceptors (Lipinski definition) is 5. The second-order valence-electron chi connectivity index (χ2n) is 5.18. The number of benzene rings is 1. The summed E-state index contributed by atoms with van der Waals surface area (Å²) in [7, 11) is 0. The van der Waals surface area contributed by atoms with Gasteiger partial charge in [0.15, 0.2) is 5.69 Å². The van der Waals surface area contributed by atoms with Crippen LogP contribution < -0.4 is 10.1 Å². The number of nitrogens with one attached hydrogen (secondary N) is 1. The first kappa shape index (κ1) is 18.1. The quantitative estimate of drug-likeness (QED) is 0.589. The van der Waals surface area contributed by atoms with Crippen LogP contribution in [0.3, 0.4) is 0 Å². The van der Waals surface area contributed by atoms with E-state index in [-0.39, 0.29) is 24.0 Å². The van der Waals surface area contributed by atoms with Gasteiger partial charge in [-0.15, -0.1) is 0 Å². The Balaban J connectivity index is 1.68. The highest BCUT2D eigenvalue weighted by Crippen LogP contribution is 2.09. The highest BCUT2D eigenvalue weighted by atomic mass is 19.1. The normalized spacial score (nSPS) is 9.92. The van der Waals surface area contributed by atoms with Crippen LogP contribution in [-0.4, -0.2) is 22.5 Å². The summed E-state index contributed by atoms with van der Waals surface area (Å²) in [6, 6.07) is 8.14. The largest absolute Gasteiger partial charge is 0.477 e. The number of halogens is 1. The van der Waals surface area contributed by atoms with Crippen molar-refractivity contribution in [2.24, 2.45) is 0 Å². The minimum absolute atomic E-state index is 0.113. The number of aromatic nitrogens is 2. The monoisotopic (exact) mass is 340 g/mol. The Kier molecular flexibility index (Phi) is 6.60. The van der Waals surface area contributed by atoms with E-state index in [4.69, 9.17) is 10.00 Å². The molecule has 0 fully saturated rings. The summed E-state index contributed by atoms with van der Waals surface area (Å²) in [6.07, 6.45) is 3.69. The first-order valence-corrected chi connectivity index (χ1v) is 7.64. The Morgan fingerprint density at radius 1 is 1.32 bits per heavy atom. The van der Waals surface area contributed by atoms with E-state index in [1.165, 1.54) is 18.5 Å². The van der Waals surface area contributed by atoms with Crippen molar-refractivity contribution in [3.8, 4) is 11.9 Å². The molecule has 0 saturated heterocycles. The Morgan fingerprint density at radius 2 is 2.12 bits per heavy atom. The van der Waals surface area contributed by atoms with Crippen LogP contribution >= 0.6 is 0 Å². The summed E-state index contributed by atoms with van der Waals surface area (Å²) >= 11 is 0. The molecule has 1 aromatic heterocycles. The zero-order chi connectivity index (χ0) is 18.1. The molecule has 0 atom stereocenters. The molecular formula is C18H17FN4O2. The van der Waals surface area contributed by atoms with Crippen LogP contribution in [-0.2, 0) is 11.3 Å². The summed E-state index contributed by atoms with van der Waals surface area (Å²) in [4.78, 5) is 19.7. The zero-order valence-electron chi connectivity index (χ0n) is 13.5. The van der Waals surface area contributed by atoms with Crippen molar-refractivity contribution >= 4 is 5.91 Å². The fourth-order valence-corrected chi connectivity index (χ4v) is 1.97. The van der Waals surface area contributed by atoms with Crippen molar-refractivity contribution in [3.63, 3.8) is 0 Å². The number of nitriles is 1. The van der Waals surface area contributed by atoms with Gasteiger partial charge in [0, 0.05) is 17.7 Å². The van der Waals surface area contributed by atoms with Gasteiger partial charge in [-0.3, -0.25) is 4.79 Å². The van der Waals surface area contributed by atoms with Crippen LogP contribution in [0.25, 0.3) is 0 Å². The van der Waals surface area contributed by atoms with E-state index >= 15 is 0 Å². The van der Waals surface area contributed by atoms with Gasteiger partial charge in [0.05, 0.1) is 19.0 Å². The third-order valence-corrected chi connectivity index (χ3v) is 3.33. The van der Waals surface area contributed by atoms with E-state index in [1.54, 1.807) is 18.2 Å². The van der Waals surface area contributed by atoms with Crippen molar-refractivity contribution in [3.05, 3.63) is 65.9 Å². The number of hydrogen-bond donors (Lipinski definition) is 1. The SMILES string of the molecule is C=C(CCCOc1cnc(C#N)cn1)C(=O)NCc1ccccc1F. The van der Waals surface area contributed by atoms with Crippen molar-refractivity contribution < 1.29 is 13.9 Å². The van der Waals surface area contributed by atoms with Gasteiger partial charge in [-0.1, -0.05) is 24.8 Å². The topological polar surface area (TPSA) is 87.9 Å². The fourth-order valence-electron chi connectivity index (χ4n) is 1.97. The highest BCUT2D eigenvalue weighted by molar-refractivity contribution is 5.92. The molecule has 128 valence electrons. The van der Waals surface area contributed by atoms with Gasteiger partial charge in [-0.25, -0.2) is 14.4 Å². The van der Waals surface area contributed by atoms with Crippen LogP contribution in [0.2, 0.25) is 0 Å². The molecule has 0 bridgehead atoms. The van der Waals surface area contributed by atoms with E-state index < -0.39 is 0 Å². The molecule has 0 unspecified atom stereocenters. The molecular weight excluding hydrogens is 323 g/mol. The number of nitrogens with zero attached hydrogens (tertiary/aromatic N) is 3. The molecule has 0 radical (unpaired) electrons. The molecule has 0 aliphatic carbocycles. The lowest BCUT2D eigenvalue weighted by atomic mass is 10.1. The number of ether oxygens (including phenoxy) is 1. The zero-order valence-corrected chi connectivity index (χ0v) is 13.5. The van der Waals surface area contributed by atoms with Gasteiger partial charge in [-0.2, -0.15) is 5.26 Å². The second-order valence-corrected chi connectivity index (χ2v) is 5.18. The molecule has 2 aromatic rings. The van der Waals surface area contributed by atoms with E-state index in [0.29, 0.717) is 36.5 Å². The highest BCUT2D eigenvalue weighted by Gasteiger charge is 2.08. The summed E-state index contributed by atoms with van der Waals surface area (Å²) in [6.45, 7) is 4.18. The summed E-state index contributed by atoms with van der Waals surface area (Å²) in [5.41, 5.74) is 1.03. The summed E-state index contributed by atoms with van der Waals surface area (Å²) in [5, 5.41) is 11.3.